The van der Waals surface area contributed by atoms with Gasteiger partial charge in [0.2, 0.25) is 0 Å². The van der Waals surface area contributed by atoms with E-state index in [0.717, 1.165) is 30.4 Å². The standard InChI is InChI=1S/C25H26ClNO5/c1-3-15-6-8-16(9-7-15)22-21(23(28)17-10-11-19(26)20(13-17)31-2)24(29)25(30)27(22)14-18-5-4-12-32-18/h6-11,13,18,22,28H,3-5,12,14H2,1-2H3/b23-21-. The second kappa shape index (κ2) is 9.35. The first-order chi connectivity index (χ1) is 15.4. The van der Waals surface area contributed by atoms with Crippen LogP contribution in [0.5, 0.6) is 5.75 Å². The van der Waals surface area contributed by atoms with E-state index < -0.39 is 17.7 Å². The molecule has 168 valence electrons. The molecule has 0 radical (unpaired) electrons. The molecule has 2 atom stereocenters. The molecule has 2 aliphatic heterocycles. The minimum atomic E-state index is -0.709. The lowest BCUT2D eigenvalue weighted by Gasteiger charge is -2.27. The van der Waals surface area contributed by atoms with Crippen LogP contribution in [0.25, 0.3) is 5.76 Å². The van der Waals surface area contributed by atoms with Crippen molar-refractivity contribution in [3.05, 3.63) is 69.8 Å². The fraction of sp³-hybridized carbons (Fsp3) is 0.360. The van der Waals surface area contributed by atoms with Gasteiger partial charge in [-0.1, -0.05) is 42.8 Å². The van der Waals surface area contributed by atoms with Gasteiger partial charge in [0.15, 0.2) is 0 Å². The monoisotopic (exact) mass is 455 g/mol. The van der Waals surface area contributed by atoms with Crippen molar-refractivity contribution < 1.29 is 24.2 Å². The molecule has 2 aliphatic rings. The van der Waals surface area contributed by atoms with Crippen LogP contribution >= 0.6 is 11.6 Å². The van der Waals surface area contributed by atoms with Gasteiger partial charge in [0.05, 0.1) is 29.9 Å². The van der Waals surface area contributed by atoms with Gasteiger partial charge in [-0.05, 0) is 48.6 Å². The summed E-state index contributed by atoms with van der Waals surface area (Å²) in [6.45, 7) is 3.01. The zero-order valence-corrected chi connectivity index (χ0v) is 18.9. The zero-order chi connectivity index (χ0) is 22.8. The van der Waals surface area contributed by atoms with Gasteiger partial charge in [-0.3, -0.25) is 9.59 Å². The third kappa shape index (κ3) is 4.12. The number of ether oxygens (including phenoxy) is 2. The molecule has 0 spiro atoms. The number of rotatable bonds is 6. The Balaban J connectivity index is 1.82. The molecule has 0 bridgehead atoms. The number of amides is 1. The summed E-state index contributed by atoms with van der Waals surface area (Å²) in [5, 5.41) is 11.6. The summed E-state index contributed by atoms with van der Waals surface area (Å²) in [5.74, 6) is -1.22. The van der Waals surface area contributed by atoms with Gasteiger partial charge in [-0.2, -0.15) is 0 Å². The molecule has 2 aromatic carbocycles. The average molecular weight is 456 g/mol. The number of likely N-dealkylation sites (tertiary alicyclic amines) is 1. The van der Waals surface area contributed by atoms with E-state index >= 15 is 0 Å². The summed E-state index contributed by atoms with van der Waals surface area (Å²) in [6, 6.07) is 11.8. The molecule has 0 saturated carbocycles. The van der Waals surface area contributed by atoms with E-state index in [1.165, 1.54) is 12.0 Å². The van der Waals surface area contributed by atoms with E-state index in [-0.39, 0.29) is 17.4 Å². The molecule has 7 heteroatoms. The number of methoxy groups -OCH3 is 1. The minimum Gasteiger partial charge on any atom is -0.507 e. The van der Waals surface area contributed by atoms with Crippen LogP contribution in [0.15, 0.2) is 48.0 Å². The van der Waals surface area contributed by atoms with Gasteiger partial charge >= 0.3 is 0 Å². The average Bonchev–Trinajstić information content (AvgIpc) is 3.41. The molecule has 2 fully saturated rings. The third-order valence-electron chi connectivity index (χ3n) is 6.09. The molecule has 6 nitrogen and oxygen atoms in total. The Bertz CT molecular complexity index is 1060. The van der Waals surface area contributed by atoms with Crippen LogP contribution in [-0.4, -0.2) is 48.1 Å². The minimum absolute atomic E-state index is 0.0571. The van der Waals surface area contributed by atoms with Crippen LogP contribution in [0.3, 0.4) is 0 Å². The van der Waals surface area contributed by atoms with Crippen LogP contribution in [0.4, 0.5) is 0 Å². The number of benzene rings is 2. The van der Waals surface area contributed by atoms with Gasteiger partial charge in [0, 0.05) is 18.7 Å². The Morgan fingerprint density at radius 2 is 1.97 bits per heavy atom. The molecule has 2 saturated heterocycles. The fourth-order valence-corrected chi connectivity index (χ4v) is 4.52. The first kappa shape index (κ1) is 22.4. The molecule has 1 N–H and O–H groups in total. The van der Waals surface area contributed by atoms with Gasteiger partial charge in [0.25, 0.3) is 11.7 Å². The molecule has 2 heterocycles. The van der Waals surface area contributed by atoms with E-state index in [1.54, 1.807) is 18.2 Å². The number of aliphatic hydroxyl groups excluding tert-OH is 1. The molecule has 0 aliphatic carbocycles. The zero-order valence-electron chi connectivity index (χ0n) is 18.1. The number of hydrogen-bond donors (Lipinski definition) is 1. The van der Waals surface area contributed by atoms with E-state index in [4.69, 9.17) is 21.1 Å². The number of ketones is 1. The molecule has 32 heavy (non-hydrogen) atoms. The van der Waals surface area contributed by atoms with E-state index in [2.05, 4.69) is 6.92 Å². The van der Waals surface area contributed by atoms with Crippen molar-refractivity contribution in [1.82, 2.24) is 4.90 Å². The van der Waals surface area contributed by atoms with E-state index in [0.29, 0.717) is 29.5 Å². The van der Waals surface area contributed by atoms with Gasteiger partial charge in [-0.25, -0.2) is 0 Å². The maximum Gasteiger partial charge on any atom is 0.295 e. The highest BCUT2D eigenvalue weighted by atomic mass is 35.5. The SMILES string of the molecule is CCc1ccc(C2/C(=C(/O)c3ccc(Cl)c(OC)c3)C(=O)C(=O)N2CC2CCCO2)cc1. The summed E-state index contributed by atoms with van der Waals surface area (Å²) in [5.41, 5.74) is 2.33. The van der Waals surface area contributed by atoms with Gasteiger partial charge in [0.1, 0.15) is 11.5 Å². The Morgan fingerprint density at radius 1 is 1.22 bits per heavy atom. The topological polar surface area (TPSA) is 76.1 Å². The first-order valence-corrected chi connectivity index (χ1v) is 11.1. The second-order valence-corrected chi connectivity index (χ2v) is 8.44. The first-order valence-electron chi connectivity index (χ1n) is 10.8. The number of Topliss-reactive ketones (excluding diaryl/α,β-unsaturated/α-hetero) is 1. The lowest BCUT2D eigenvalue weighted by Crippen LogP contribution is -2.36. The maximum atomic E-state index is 13.1. The molecule has 2 aromatic rings. The fourth-order valence-electron chi connectivity index (χ4n) is 4.32. The van der Waals surface area contributed by atoms with Crippen LogP contribution < -0.4 is 4.74 Å². The molecule has 4 rings (SSSR count). The Labute approximate surface area is 192 Å². The normalized spacial score (nSPS) is 22.5. The quantitative estimate of drug-likeness (QED) is 0.394. The van der Waals surface area contributed by atoms with Crippen molar-refractivity contribution >= 4 is 29.1 Å². The number of carbonyl (C=O) groups is 2. The van der Waals surface area contributed by atoms with Crippen molar-refractivity contribution in [3.8, 4) is 5.75 Å². The second-order valence-electron chi connectivity index (χ2n) is 8.03. The summed E-state index contributed by atoms with van der Waals surface area (Å²) < 4.78 is 11.0. The lowest BCUT2D eigenvalue weighted by molar-refractivity contribution is -0.140. The highest BCUT2D eigenvalue weighted by Gasteiger charge is 2.47. The Morgan fingerprint density at radius 3 is 2.59 bits per heavy atom. The van der Waals surface area contributed by atoms with Crippen LogP contribution in [0.1, 0.15) is 42.5 Å². The van der Waals surface area contributed by atoms with Crippen LogP contribution in [0.2, 0.25) is 5.02 Å². The van der Waals surface area contributed by atoms with Crippen molar-refractivity contribution in [2.75, 3.05) is 20.3 Å². The highest BCUT2D eigenvalue weighted by Crippen LogP contribution is 2.41. The number of aryl methyl sites for hydroxylation is 1. The summed E-state index contributed by atoms with van der Waals surface area (Å²) in [7, 11) is 1.47. The van der Waals surface area contributed by atoms with Crippen molar-refractivity contribution in [3.63, 3.8) is 0 Å². The molecule has 2 unspecified atom stereocenters. The number of nitrogens with zero attached hydrogens (tertiary/aromatic N) is 1. The molecular formula is C25H26ClNO5. The number of hydrogen-bond acceptors (Lipinski definition) is 5. The van der Waals surface area contributed by atoms with Gasteiger partial charge < -0.3 is 19.5 Å². The Kier molecular flexibility index (Phi) is 6.53. The van der Waals surface area contributed by atoms with Crippen LogP contribution in [-0.2, 0) is 20.7 Å². The lowest BCUT2D eigenvalue weighted by atomic mass is 9.94. The highest BCUT2D eigenvalue weighted by molar-refractivity contribution is 6.46. The number of halogens is 1. The summed E-state index contributed by atoms with van der Waals surface area (Å²) in [6.07, 6.45) is 2.51. The summed E-state index contributed by atoms with van der Waals surface area (Å²) >= 11 is 6.12. The molecule has 0 aromatic heterocycles. The van der Waals surface area contributed by atoms with E-state index in [9.17, 15) is 14.7 Å². The van der Waals surface area contributed by atoms with Gasteiger partial charge in [-0.15, -0.1) is 0 Å². The van der Waals surface area contributed by atoms with E-state index in [1.807, 2.05) is 24.3 Å². The maximum absolute atomic E-state index is 13.1. The third-order valence-corrected chi connectivity index (χ3v) is 6.40. The largest absolute Gasteiger partial charge is 0.507 e. The molecular weight excluding hydrogens is 430 g/mol. The summed E-state index contributed by atoms with van der Waals surface area (Å²) in [4.78, 5) is 27.7. The van der Waals surface area contributed by atoms with Crippen LogP contribution in [0, 0.1) is 0 Å². The predicted molar refractivity (Wildman–Crippen MR) is 122 cm³/mol. The number of aliphatic hydroxyl groups is 1. The predicted octanol–water partition coefficient (Wildman–Crippen LogP) is 4.51. The van der Waals surface area contributed by atoms with Crippen molar-refractivity contribution in [2.24, 2.45) is 0 Å². The number of carbonyl (C=O) groups excluding carboxylic acids is 2. The smallest absolute Gasteiger partial charge is 0.295 e. The Hall–Kier alpha value is -2.83. The van der Waals surface area contributed by atoms with Crippen molar-refractivity contribution in [1.29, 1.82) is 0 Å². The van der Waals surface area contributed by atoms with Crippen molar-refractivity contribution in [2.45, 2.75) is 38.3 Å². The molecule has 1 amide bonds.